The molecule has 0 radical (unpaired) electrons. The Balaban J connectivity index is 1.41. The third-order valence-electron chi connectivity index (χ3n) is 6.27. The van der Waals surface area contributed by atoms with E-state index in [0.29, 0.717) is 23.4 Å². The lowest BCUT2D eigenvalue weighted by atomic mass is 9.89. The van der Waals surface area contributed by atoms with Crippen LogP contribution in [0, 0.1) is 5.82 Å². The van der Waals surface area contributed by atoms with Gasteiger partial charge in [-0.05, 0) is 52.9 Å². The van der Waals surface area contributed by atoms with Gasteiger partial charge in [0.15, 0.2) is 5.65 Å². The first-order valence-corrected chi connectivity index (χ1v) is 10.8. The second-order valence-corrected chi connectivity index (χ2v) is 8.24. The molecule has 2 aromatic carbocycles. The number of rotatable bonds is 6. The number of ether oxygens (including phenoxy) is 1. The number of nitrogens with zero attached hydrogens (tertiary/aromatic N) is 4. The van der Waals surface area contributed by atoms with E-state index < -0.39 is 11.8 Å². The van der Waals surface area contributed by atoms with E-state index >= 15 is 4.39 Å². The van der Waals surface area contributed by atoms with Crippen molar-refractivity contribution in [2.24, 2.45) is 5.73 Å². The van der Waals surface area contributed by atoms with Gasteiger partial charge in [-0.1, -0.05) is 30.3 Å². The Morgan fingerprint density at radius 2 is 1.91 bits per heavy atom. The van der Waals surface area contributed by atoms with Crippen molar-refractivity contribution in [1.82, 2.24) is 14.6 Å². The van der Waals surface area contributed by atoms with Crippen molar-refractivity contribution in [1.29, 1.82) is 0 Å². The monoisotopic (exact) mass is 445 g/mol. The highest BCUT2D eigenvalue weighted by Crippen LogP contribution is 2.32. The van der Waals surface area contributed by atoms with Crippen LogP contribution >= 0.6 is 0 Å². The maximum atomic E-state index is 15.0. The Morgan fingerprint density at radius 3 is 2.61 bits per heavy atom. The van der Waals surface area contributed by atoms with Gasteiger partial charge in [-0.15, -0.1) is 0 Å². The van der Waals surface area contributed by atoms with E-state index in [9.17, 15) is 4.79 Å². The summed E-state index contributed by atoms with van der Waals surface area (Å²) in [5.74, 6) is -1.64. The molecule has 0 aliphatic carbocycles. The van der Waals surface area contributed by atoms with Gasteiger partial charge >= 0.3 is 0 Å². The molecule has 4 aromatic rings. The number of methoxy groups -OCH3 is 1. The Morgan fingerprint density at radius 1 is 1.12 bits per heavy atom. The third-order valence-corrected chi connectivity index (χ3v) is 6.27. The molecule has 168 valence electrons. The minimum Gasteiger partial charge on any atom is -0.380 e. The Hall–Kier alpha value is -3.78. The van der Waals surface area contributed by atoms with Gasteiger partial charge in [-0.3, -0.25) is 4.79 Å². The first-order chi connectivity index (χ1) is 16.0. The molecule has 1 amide bonds. The molecule has 1 unspecified atom stereocenters. The number of pyridine rings is 1. The average Bonchev–Trinajstić information content (AvgIpc) is 3.48. The lowest BCUT2D eigenvalue weighted by Gasteiger charge is -2.21. The lowest BCUT2D eigenvalue weighted by molar-refractivity contribution is -0.118. The van der Waals surface area contributed by atoms with Crippen molar-refractivity contribution in [2.45, 2.75) is 18.4 Å². The maximum Gasteiger partial charge on any atom is 0.229 e. The number of benzene rings is 2. The molecule has 2 N–H and O–H groups in total. The van der Waals surface area contributed by atoms with Crippen LogP contribution in [0.4, 0.5) is 10.1 Å². The summed E-state index contributed by atoms with van der Waals surface area (Å²) in [7, 11) is 1.67. The van der Waals surface area contributed by atoms with Crippen LogP contribution in [0.5, 0.6) is 0 Å². The normalized spacial score (nSPS) is 16.9. The molecule has 3 heterocycles. The van der Waals surface area contributed by atoms with Crippen molar-refractivity contribution in [3.05, 3.63) is 84.1 Å². The molecule has 0 bridgehead atoms. The highest BCUT2D eigenvalue weighted by atomic mass is 19.1. The summed E-state index contributed by atoms with van der Waals surface area (Å²) in [5.41, 5.74) is 10.2. The summed E-state index contributed by atoms with van der Waals surface area (Å²) < 4.78 is 22.1. The number of carbonyl (C=O) groups is 1. The van der Waals surface area contributed by atoms with Gasteiger partial charge in [-0.2, -0.15) is 5.10 Å². The number of amides is 1. The van der Waals surface area contributed by atoms with E-state index in [1.165, 1.54) is 12.4 Å². The number of halogens is 1. The summed E-state index contributed by atoms with van der Waals surface area (Å²) in [5, 5.41) is 4.10. The van der Waals surface area contributed by atoms with E-state index in [-0.39, 0.29) is 11.9 Å². The van der Waals surface area contributed by atoms with Crippen molar-refractivity contribution >= 4 is 17.2 Å². The SMILES string of the molecule is CO[C@H]1CCN(c2ccc(C(C(N)=O)c3ccc(-c4ccn5ncnc5c4)cc3)cc2F)C1. The van der Waals surface area contributed by atoms with Crippen LogP contribution in [0.25, 0.3) is 16.8 Å². The minimum absolute atomic E-state index is 0.103. The smallest absolute Gasteiger partial charge is 0.229 e. The number of anilines is 1. The molecule has 1 aliphatic rings. The molecule has 1 saturated heterocycles. The van der Waals surface area contributed by atoms with Crippen molar-refractivity contribution in [2.75, 3.05) is 25.1 Å². The summed E-state index contributed by atoms with van der Waals surface area (Å²) in [4.78, 5) is 18.5. The van der Waals surface area contributed by atoms with E-state index in [1.807, 2.05) is 47.5 Å². The van der Waals surface area contributed by atoms with E-state index in [2.05, 4.69) is 10.1 Å². The number of nitrogens with two attached hydrogens (primary N) is 1. The molecule has 33 heavy (non-hydrogen) atoms. The second-order valence-electron chi connectivity index (χ2n) is 8.24. The maximum absolute atomic E-state index is 15.0. The van der Waals surface area contributed by atoms with E-state index in [0.717, 1.165) is 29.7 Å². The topological polar surface area (TPSA) is 85.8 Å². The predicted molar refractivity (Wildman–Crippen MR) is 123 cm³/mol. The number of primary amides is 1. The minimum atomic E-state index is -0.744. The Labute approximate surface area is 190 Å². The molecule has 8 heteroatoms. The largest absolute Gasteiger partial charge is 0.380 e. The van der Waals surface area contributed by atoms with Gasteiger partial charge in [-0.25, -0.2) is 13.9 Å². The van der Waals surface area contributed by atoms with Crippen LogP contribution < -0.4 is 10.6 Å². The molecule has 2 aromatic heterocycles. The number of hydrogen-bond acceptors (Lipinski definition) is 5. The lowest BCUT2D eigenvalue weighted by Crippen LogP contribution is -2.24. The number of fused-ring (bicyclic) bond motifs is 1. The number of carbonyl (C=O) groups excluding carboxylic acids is 1. The zero-order chi connectivity index (χ0) is 22.9. The molecule has 1 fully saturated rings. The number of hydrogen-bond donors (Lipinski definition) is 1. The fourth-order valence-corrected chi connectivity index (χ4v) is 4.48. The Kier molecular flexibility index (Phi) is 5.51. The van der Waals surface area contributed by atoms with Gasteiger partial charge in [0.1, 0.15) is 12.1 Å². The van der Waals surface area contributed by atoms with Crippen LogP contribution in [0.1, 0.15) is 23.5 Å². The summed E-state index contributed by atoms with van der Waals surface area (Å²) in [6.45, 7) is 1.38. The van der Waals surface area contributed by atoms with Crippen LogP contribution in [0.3, 0.4) is 0 Å². The molecule has 0 saturated carbocycles. The average molecular weight is 445 g/mol. The third kappa shape index (κ3) is 4.05. The highest BCUT2D eigenvalue weighted by molar-refractivity contribution is 5.86. The first-order valence-electron chi connectivity index (χ1n) is 10.8. The fraction of sp³-hybridized carbons (Fsp3) is 0.240. The zero-order valence-corrected chi connectivity index (χ0v) is 18.2. The van der Waals surface area contributed by atoms with Crippen molar-refractivity contribution in [3.8, 4) is 11.1 Å². The quantitative estimate of drug-likeness (QED) is 0.492. The Bertz CT molecular complexity index is 1300. The molecular formula is C25H24FN5O2. The molecule has 7 nitrogen and oxygen atoms in total. The van der Waals surface area contributed by atoms with Crippen molar-refractivity contribution in [3.63, 3.8) is 0 Å². The highest BCUT2D eigenvalue weighted by Gasteiger charge is 2.26. The first kappa shape index (κ1) is 21.1. The summed E-state index contributed by atoms with van der Waals surface area (Å²) in [6.07, 6.45) is 4.31. The second kappa shape index (κ2) is 8.63. The van der Waals surface area contributed by atoms with Crippen LogP contribution in [0.2, 0.25) is 0 Å². The fourth-order valence-electron chi connectivity index (χ4n) is 4.48. The van der Waals surface area contributed by atoms with Crippen LogP contribution in [0.15, 0.2) is 67.1 Å². The van der Waals surface area contributed by atoms with Gasteiger partial charge < -0.3 is 15.4 Å². The summed E-state index contributed by atoms with van der Waals surface area (Å²) in [6, 6.07) is 16.4. The standard InChI is InChI=1S/C25H24FN5O2/c1-33-20-9-10-30(14-20)22-7-6-19(12-21(22)26)24(25(27)32)17-4-2-16(3-5-17)18-8-11-31-23(13-18)28-15-29-31/h2-8,11-13,15,20,24H,9-10,14H2,1H3,(H2,27,32)/t20-,24?/m0/s1. The van der Waals surface area contributed by atoms with E-state index in [1.54, 1.807) is 23.8 Å². The van der Waals surface area contributed by atoms with Gasteiger partial charge in [0.05, 0.1) is 17.7 Å². The van der Waals surface area contributed by atoms with Gasteiger partial charge in [0.2, 0.25) is 5.91 Å². The molecule has 5 rings (SSSR count). The summed E-state index contributed by atoms with van der Waals surface area (Å²) >= 11 is 0. The van der Waals surface area contributed by atoms with Crippen LogP contribution in [-0.2, 0) is 9.53 Å². The molecule has 0 spiro atoms. The van der Waals surface area contributed by atoms with E-state index in [4.69, 9.17) is 10.5 Å². The van der Waals surface area contributed by atoms with Gasteiger partial charge in [0, 0.05) is 26.4 Å². The van der Waals surface area contributed by atoms with Gasteiger partial charge in [0.25, 0.3) is 0 Å². The molecule has 1 aliphatic heterocycles. The van der Waals surface area contributed by atoms with Crippen molar-refractivity contribution < 1.29 is 13.9 Å². The molecular weight excluding hydrogens is 421 g/mol. The number of aromatic nitrogens is 3. The van der Waals surface area contributed by atoms with Crippen LogP contribution in [-0.4, -0.2) is 46.8 Å². The predicted octanol–water partition coefficient (Wildman–Crippen LogP) is 3.38. The zero-order valence-electron chi connectivity index (χ0n) is 18.2. The molecule has 2 atom stereocenters.